The minimum atomic E-state index is -4.46. The number of piperidine rings is 1. The normalized spacial score (nSPS) is 15.9. The first-order valence-corrected chi connectivity index (χ1v) is 8.95. The molecule has 4 heterocycles. The van der Waals surface area contributed by atoms with Gasteiger partial charge in [0.05, 0.1) is 22.3 Å². The molecule has 1 fully saturated rings. The van der Waals surface area contributed by atoms with Crippen molar-refractivity contribution >= 4 is 16.9 Å². The van der Waals surface area contributed by atoms with E-state index < -0.39 is 11.9 Å². The molecule has 6 nitrogen and oxygen atoms in total. The van der Waals surface area contributed by atoms with Crippen molar-refractivity contribution in [2.45, 2.75) is 31.9 Å². The molecule has 146 valence electrons. The van der Waals surface area contributed by atoms with Crippen LogP contribution in [-0.4, -0.2) is 43.8 Å². The average molecular weight is 389 g/mol. The van der Waals surface area contributed by atoms with Gasteiger partial charge in [0, 0.05) is 30.9 Å². The summed E-state index contributed by atoms with van der Waals surface area (Å²) in [5.74, 6) is 0.0467. The molecular weight excluding hydrogens is 371 g/mol. The van der Waals surface area contributed by atoms with Crippen LogP contribution in [0.15, 0.2) is 30.7 Å². The molecule has 0 radical (unpaired) electrons. The number of H-pyrrole nitrogens is 1. The molecule has 0 spiro atoms. The monoisotopic (exact) mass is 389 g/mol. The Morgan fingerprint density at radius 1 is 1.25 bits per heavy atom. The van der Waals surface area contributed by atoms with Gasteiger partial charge < -0.3 is 9.88 Å². The number of fused-ring (bicyclic) bond motifs is 1. The molecule has 1 aliphatic rings. The lowest BCUT2D eigenvalue weighted by Gasteiger charge is -2.31. The van der Waals surface area contributed by atoms with Gasteiger partial charge in [0.2, 0.25) is 0 Å². The standard InChI is InChI=1S/C19H18F3N5O/c1-11-13(9-23-10-24-11)18(28)27-6-4-12(5-7-27)15-8-16-14(25-15)2-3-17(26-16)19(20,21)22/h2-3,8-10,12,25H,4-7H2,1H3. The lowest BCUT2D eigenvalue weighted by atomic mass is 9.93. The number of pyridine rings is 1. The Kier molecular flexibility index (Phi) is 4.52. The molecule has 0 aromatic carbocycles. The van der Waals surface area contributed by atoms with Crippen LogP contribution in [0.4, 0.5) is 13.2 Å². The second kappa shape index (κ2) is 6.88. The van der Waals surface area contributed by atoms with Crippen LogP contribution in [-0.2, 0) is 6.18 Å². The highest BCUT2D eigenvalue weighted by Gasteiger charge is 2.33. The Balaban J connectivity index is 1.48. The summed E-state index contributed by atoms with van der Waals surface area (Å²) in [5, 5.41) is 0. The molecule has 1 saturated heterocycles. The van der Waals surface area contributed by atoms with Gasteiger partial charge in [-0.3, -0.25) is 4.79 Å². The summed E-state index contributed by atoms with van der Waals surface area (Å²) in [7, 11) is 0. The van der Waals surface area contributed by atoms with E-state index in [0.29, 0.717) is 35.4 Å². The molecule has 1 amide bonds. The van der Waals surface area contributed by atoms with Gasteiger partial charge >= 0.3 is 6.18 Å². The Labute approximate surface area is 158 Å². The van der Waals surface area contributed by atoms with E-state index in [4.69, 9.17) is 0 Å². The number of aromatic nitrogens is 4. The van der Waals surface area contributed by atoms with E-state index in [1.54, 1.807) is 17.9 Å². The number of likely N-dealkylation sites (tertiary alicyclic amines) is 1. The van der Waals surface area contributed by atoms with Crippen LogP contribution in [0.5, 0.6) is 0 Å². The summed E-state index contributed by atoms with van der Waals surface area (Å²) >= 11 is 0. The van der Waals surface area contributed by atoms with Crippen molar-refractivity contribution in [2.75, 3.05) is 13.1 Å². The van der Waals surface area contributed by atoms with E-state index in [1.807, 2.05) is 0 Å². The van der Waals surface area contributed by atoms with Crippen molar-refractivity contribution in [2.24, 2.45) is 0 Å². The fourth-order valence-electron chi connectivity index (χ4n) is 3.57. The number of halogens is 3. The van der Waals surface area contributed by atoms with Crippen molar-refractivity contribution in [3.05, 3.63) is 53.4 Å². The number of rotatable bonds is 2. The highest BCUT2D eigenvalue weighted by Crippen LogP contribution is 2.32. The Morgan fingerprint density at radius 2 is 2.00 bits per heavy atom. The van der Waals surface area contributed by atoms with E-state index in [-0.39, 0.29) is 11.8 Å². The minimum Gasteiger partial charge on any atom is -0.357 e. The number of nitrogens with zero attached hydrogens (tertiary/aromatic N) is 4. The van der Waals surface area contributed by atoms with Gasteiger partial charge in [-0.05, 0) is 38.0 Å². The van der Waals surface area contributed by atoms with Gasteiger partial charge in [0.15, 0.2) is 0 Å². The highest BCUT2D eigenvalue weighted by molar-refractivity contribution is 5.95. The number of hydrogen-bond acceptors (Lipinski definition) is 4. The average Bonchev–Trinajstić information content (AvgIpc) is 3.11. The first-order valence-electron chi connectivity index (χ1n) is 8.95. The van der Waals surface area contributed by atoms with E-state index in [0.717, 1.165) is 24.6 Å². The van der Waals surface area contributed by atoms with E-state index in [9.17, 15) is 18.0 Å². The molecular formula is C19H18F3N5O. The summed E-state index contributed by atoms with van der Waals surface area (Å²) in [6, 6.07) is 4.07. The SMILES string of the molecule is Cc1ncncc1C(=O)N1CCC(c2cc3nc(C(F)(F)F)ccc3[nH]2)CC1. The summed E-state index contributed by atoms with van der Waals surface area (Å²) in [4.78, 5) is 29.3. The summed E-state index contributed by atoms with van der Waals surface area (Å²) in [5.41, 5.74) is 1.98. The molecule has 9 heteroatoms. The van der Waals surface area contributed by atoms with Crippen LogP contribution in [0, 0.1) is 6.92 Å². The molecule has 0 saturated carbocycles. The third-order valence-electron chi connectivity index (χ3n) is 5.15. The molecule has 0 aliphatic carbocycles. The predicted molar refractivity (Wildman–Crippen MR) is 95.7 cm³/mol. The van der Waals surface area contributed by atoms with Crippen LogP contribution >= 0.6 is 0 Å². The molecule has 0 unspecified atom stereocenters. The van der Waals surface area contributed by atoms with Crippen molar-refractivity contribution in [3.63, 3.8) is 0 Å². The van der Waals surface area contributed by atoms with Gasteiger partial charge in [0.25, 0.3) is 5.91 Å². The van der Waals surface area contributed by atoms with Crippen LogP contribution < -0.4 is 0 Å². The molecule has 1 aliphatic heterocycles. The lowest BCUT2D eigenvalue weighted by molar-refractivity contribution is -0.140. The Hall–Kier alpha value is -2.97. The van der Waals surface area contributed by atoms with Crippen LogP contribution in [0.2, 0.25) is 0 Å². The van der Waals surface area contributed by atoms with Gasteiger partial charge in [-0.1, -0.05) is 0 Å². The largest absolute Gasteiger partial charge is 0.433 e. The predicted octanol–water partition coefficient (Wildman–Crippen LogP) is 3.70. The van der Waals surface area contributed by atoms with E-state index >= 15 is 0 Å². The maximum absolute atomic E-state index is 12.8. The third-order valence-corrected chi connectivity index (χ3v) is 5.15. The van der Waals surface area contributed by atoms with Crippen LogP contribution in [0.25, 0.3) is 11.0 Å². The Bertz CT molecular complexity index is 1020. The summed E-state index contributed by atoms with van der Waals surface area (Å²) in [6.45, 7) is 2.90. The van der Waals surface area contributed by atoms with Crippen LogP contribution in [0.3, 0.4) is 0 Å². The molecule has 3 aromatic rings. The fourth-order valence-corrected chi connectivity index (χ4v) is 3.57. The maximum atomic E-state index is 12.8. The Morgan fingerprint density at radius 3 is 2.68 bits per heavy atom. The zero-order valence-corrected chi connectivity index (χ0v) is 15.1. The molecule has 0 atom stereocenters. The van der Waals surface area contributed by atoms with E-state index in [1.165, 1.54) is 18.6 Å². The summed E-state index contributed by atoms with van der Waals surface area (Å²) < 4.78 is 38.5. The molecule has 28 heavy (non-hydrogen) atoms. The minimum absolute atomic E-state index is 0.0929. The quantitative estimate of drug-likeness (QED) is 0.725. The number of aromatic amines is 1. The van der Waals surface area contributed by atoms with Crippen molar-refractivity contribution in [1.29, 1.82) is 0 Å². The smallest absolute Gasteiger partial charge is 0.357 e. The molecule has 3 aromatic heterocycles. The number of nitrogens with one attached hydrogen (secondary N) is 1. The number of carbonyl (C=O) groups is 1. The van der Waals surface area contributed by atoms with Gasteiger partial charge in [-0.25, -0.2) is 15.0 Å². The topological polar surface area (TPSA) is 74.8 Å². The second-order valence-electron chi connectivity index (χ2n) is 6.94. The number of hydrogen-bond donors (Lipinski definition) is 1. The first kappa shape index (κ1) is 18.4. The number of alkyl halides is 3. The van der Waals surface area contributed by atoms with E-state index in [2.05, 4.69) is 19.9 Å². The molecule has 4 rings (SSSR count). The zero-order valence-electron chi connectivity index (χ0n) is 15.1. The molecule has 1 N–H and O–H groups in total. The number of amides is 1. The van der Waals surface area contributed by atoms with Crippen molar-refractivity contribution < 1.29 is 18.0 Å². The first-order chi connectivity index (χ1) is 13.3. The second-order valence-corrected chi connectivity index (χ2v) is 6.94. The molecule has 0 bridgehead atoms. The van der Waals surface area contributed by atoms with Gasteiger partial charge in [0.1, 0.15) is 12.0 Å². The number of carbonyl (C=O) groups excluding carboxylic acids is 1. The van der Waals surface area contributed by atoms with Crippen LogP contribution in [0.1, 0.15) is 46.2 Å². The maximum Gasteiger partial charge on any atom is 0.433 e. The third kappa shape index (κ3) is 3.44. The van der Waals surface area contributed by atoms with Gasteiger partial charge in [-0.2, -0.15) is 13.2 Å². The van der Waals surface area contributed by atoms with Crippen molar-refractivity contribution in [1.82, 2.24) is 24.8 Å². The lowest BCUT2D eigenvalue weighted by Crippen LogP contribution is -2.38. The number of aryl methyl sites for hydroxylation is 1. The van der Waals surface area contributed by atoms with Gasteiger partial charge in [-0.15, -0.1) is 0 Å². The zero-order chi connectivity index (χ0) is 19.9. The summed E-state index contributed by atoms with van der Waals surface area (Å²) in [6.07, 6.45) is -0.0870. The highest BCUT2D eigenvalue weighted by atomic mass is 19.4. The fraction of sp³-hybridized carbons (Fsp3) is 0.368. The van der Waals surface area contributed by atoms with Crippen molar-refractivity contribution in [3.8, 4) is 0 Å².